The minimum absolute atomic E-state index is 0.331. The monoisotopic (exact) mass is 239 g/mol. The molecule has 0 saturated heterocycles. The fourth-order valence-electron chi connectivity index (χ4n) is 0.907. The SMILES string of the molecule is CCNC(=O)OCC.O=C(O)c1ccccc1. The fraction of sp³-hybridized carbons (Fsp3) is 0.333. The minimum atomic E-state index is -0.879. The highest BCUT2D eigenvalue weighted by atomic mass is 16.5. The lowest BCUT2D eigenvalue weighted by atomic mass is 10.2. The van der Waals surface area contributed by atoms with Gasteiger partial charge in [0.1, 0.15) is 0 Å². The number of benzene rings is 1. The van der Waals surface area contributed by atoms with E-state index in [4.69, 9.17) is 5.11 Å². The number of carbonyl (C=O) groups is 2. The van der Waals surface area contributed by atoms with Crippen molar-refractivity contribution in [3.05, 3.63) is 35.9 Å². The van der Waals surface area contributed by atoms with Crippen molar-refractivity contribution in [2.45, 2.75) is 13.8 Å². The average molecular weight is 239 g/mol. The molecule has 1 rings (SSSR count). The Kier molecular flexibility index (Phi) is 8.10. The highest BCUT2D eigenvalue weighted by Gasteiger charge is 1.96. The van der Waals surface area contributed by atoms with E-state index in [2.05, 4.69) is 10.1 Å². The van der Waals surface area contributed by atoms with Gasteiger partial charge in [-0.3, -0.25) is 0 Å². The number of carbonyl (C=O) groups excluding carboxylic acids is 1. The summed E-state index contributed by atoms with van der Waals surface area (Å²) in [6, 6.07) is 8.30. The topological polar surface area (TPSA) is 75.6 Å². The molecule has 0 atom stereocenters. The highest BCUT2D eigenvalue weighted by Crippen LogP contribution is 1.96. The highest BCUT2D eigenvalue weighted by molar-refractivity contribution is 5.87. The van der Waals surface area contributed by atoms with Crippen LogP contribution in [0.1, 0.15) is 24.2 Å². The van der Waals surface area contributed by atoms with Crippen LogP contribution in [0.4, 0.5) is 4.79 Å². The summed E-state index contributed by atoms with van der Waals surface area (Å²) in [5.74, 6) is -0.879. The summed E-state index contributed by atoms with van der Waals surface area (Å²) < 4.78 is 4.53. The van der Waals surface area contributed by atoms with Crippen LogP contribution in [0, 0.1) is 0 Å². The zero-order valence-corrected chi connectivity index (χ0v) is 9.97. The van der Waals surface area contributed by atoms with Crippen molar-refractivity contribution < 1.29 is 19.4 Å². The molecule has 0 aliphatic heterocycles. The predicted octanol–water partition coefficient (Wildman–Crippen LogP) is 2.14. The second kappa shape index (κ2) is 9.21. The molecule has 5 nitrogen and oxygen atoms in total. The summed E-state index contributed by atoms with van der Waals surface area (Å²) in [6.45, 7) is 4.68. The van der Waals surface area contributed by atoms with Crippen molar-refractivity contribution in [1.82, 2.24) is 5.32 Å². The summed E-state index contributed by atoms with van der Waals surface area (Å²) >= 11 is 0. The molecule has 0 unspecified atom stereocenters. The third-order valence-corrected chi connectivity index (χ3v) is 1.62. The maximum Gasteiger partial charge on any atom is 0.407 e. The zero-order valence-electron chi connectivity index (χ0n) is 9.97. The van der Waals surface area contributed by atoms with Gasteiger partial charge in [0, 0.05) is 6.54 Å². The van der Waals surface area contributed by atoms with E-state index in [-0.39, 0.29) is 6.09 Å². The van der Waals surface area contributed by atoms with Crippen LogP contribution in [-0.4, -0.2) is 30.3 Å². The Labute approximate surface area is 100 Å². The molecule has 17 heavy (non-hydrogen) atoms. The summed E-state index contributed by atoms with van der Waals surface area (Å²) in [7, 11) is 0. The van der Waals surface area contributed by atoms with E-state index < -0.39 is 5.97 Å². The molecule has 0 fully saturated rings. The molecule has 0 aliphatic rings. The van der Waals surface area contributed by atoms with Gasteiger partial charge in [-0.15, -0.1) is 0 Å². The number of hydrogen-bond donors (Lipinski definition) is 2. The number of hydrogen-bond acceptors (Lipinski definition) is 3. The first kappa shape index (κ1) is 15.0. The van der Waals surface area contributed by atoms with Crippen LogP contribution in [0.25, 0.3) is 0 Å². The maximum absolute atomic E-state index is 10.3. The molecule has 2 N–H and O–H groups in total. The fourth-order valence-corrected chi connectivity index (χ4v) is 0.907. The second-order valence-electron chi connectivity index (χ2n) is 2.92. The van der Waals surface area contributed by atoms with Crippen molar-refractivity contribution in [2.75, 3.05) is 13.2 Å². The molecule has 0 aliphatic carbocycles. The third kappa shape index (κ3) is 7.84. The summed E-state index contributed by atoms with van der Waals surface area (Å²) in [5.41, 5.74) is 0.331. The van der Waals surface area contributed by atoms with E-state index in [1.54, 1.807) is 37.3 Å². The van der Waals surface area contributed by atoms with Crippen LogP contribution in [0.5, 0.6) is 0 Å². The minimum Gasteiger partial charge on any atom is -0.478 e. The van der Waals surface area contributed by atoms with Gasteiger partial charge in [-0.25, -0.2) is 9.59 Å². The van der Waals surface area contributed by atoms with Gasteiger partial charge in [0.25, 0.3) is 0 Å². The number of alkyl carbamates (subject to hydrolysis) is 1. The molecule has 5 heteroatoms. The zero-order chi connectivity index (χ0) is 13.1. The van der Waals surface area contributed by atoms with Gasteiger partial charge in [0.05, 0.1) is 12.2 Å². The number of carboxylic acids is 1. The van der Waals surface area contributed by atoms with E-state index in [9.17, 15) is 9.59 Å². The van der Waals surface area contributed by atoms with Crippen molar-refractivity contribution in [3.8, 4) is 0 Å². The molecule has 1 aromatic carbocycles. The number of amides is 1. The lowest BCUT2D eigenvalue weighted by molar-refractivity contribution is 0.0697. The number of aromatic carboxylic acids is 1. The van der Waals surface area contributed by atoms with Crippen LogP contribution < -0.4 is 5.32 Å². The van der Waals surface area contributed by atoms with Crippen LogP contribution >= 0.6 is 0 Å². The van der Waals surface area contributed by atoms with Crippen molar-refractivity contribution in [1.29, 1.82) is 0 Å². The first-order valence-electron chi connectivity index (χ1n) is 5.30. The van der Waals surface area contributed by atoms with E-state index in [0.29, 0.717) is 18.7 Å². The predicted molar refractivity (Wildman–Crippen MR) is 64.1 cm³/mol. The molecule has 1 amide bonds. The van der Waals surface area contributed by atoms with E-state index in [1.165, 1.54) is 0 Å². The Hall–Kier alpha value is -2.04. The van der Waals surface area contributed by atoms with Gasteiger partial charge in [0.2, 0.25) is 0 Å². The van der Waals surface area contributed by atoms with E-state index >= 15 is 0 Å². The third-order valence-electron chi connectivity index (χ3n) is 1.62. The lowest BCUT2D eigenvalue weighted by Gasteiger charge is -1.99. The number of rotatable bonds is 3. The molecular formula is C12H17NO4. The quantitative estimate of drug-likeness (QED) is 0.847. The van der Waals surface area contributed by atoms with E-state index in [1.807, 2.05) is 6.92 Å². The Morgan fingerprint density at radius 1 is 1.24 bits per heavy atom. The van der Waals surface area contributed by atoms with Gasteiger partial charge in [0.15, 0.2) is 0 Å². The van der Waals surface area contributed by atoms with Crippen LogP contribution in [0.15, 0.2) is 30.3 Å². The molecule has 0 saturated carbocycles. The standard InChI is InChI=1S/C7H6O2.C5H11NO2/c8-7(9)6-4-2-1-3-5-6;1-3-6-5(7)8-4-2/h1-5H,(H,8,9);3-4H2,1-2H3,(H,6,7). The molecule has 0 radical (unpaired) electrons. The summed E-state index contributed by atoms with van der Waals surface area (Å²) in [5, 5.41) is 10.9. The smallest absolute Gasteiger partial charge is 0.407 e. The summed E-state index contributed by atoms with van der Waals surface area (Å²) in [4.78, 5) is 20.5. The number of carboxylic acid groups (broad SMARTS) is 1. The molecule has 94 valence electrons. The Balaban J connectivity index is 0.000000304. The van der Waals surface area contributed by atoms with Crippen LogP contribution in [0.3, 0.4) is 0 Å². The van der Waals surface area contributed by atoms with Gasteiger partial charge in [-0.2, -0.15) is 0 Å². The number of nitrogens with one attached hydrogen (secondary N) is 1. The van der Waals surface area contributed by atoms with E-state index in [0.717, 1.165) is 0 Å². The van der Waals surface area contributed by atoms with Gasteiger partial charge < -0.3 is 15.2 Å². The average Bonchev–Trinajstić information content (AvgIpc) is 2.32. The van der Waals surface area contributed by atoms with Crippen molar-refractivity contribution >= 4 is 12.1 Å². The van der Waals surface area contributed by atoms with Gasteiger partial charge in [-0.05, 0) is 26.0 Å². The molecular weight excluding hydrogens is 222 g/mol. The van der Waals surface area contributed by atoms with Crippen LogP contribution in [-0.2, 0) is 4.74 Å². The van der Waals surface area contributed by atoms with Gasteiger partial charge in [-0.1, -0.05) is 18.2 Å². The first-order chi connectivity index (χ1) is 8.11. The Bertz CT molecular complexity index is 330. The molecule has 0 bridgehead atoms. The first-order valence-corrected chi connectivity index (χ1v) is 5.30. The molecule has 1 aromatic rings. The number of ether oxygens (including phenoxy) is 1. The Morgan fingerprint density at radius 2 is 1.82 bits per heavy atom. The van der Waals surface area contributed by atoms with Crippen LogP contribution in [0.2, 0.25) is 0 Å². The normalized spacial score (nSPS) is 8.59. The Morgan fingerprint density at radius 3 is 2.18 bits per heavy atom. The lowest BCUT2D eigenvalue weighted by Crippen LogP contribution is -2.23. The second-order valence-corrected chi connectivity index (χ2v) is 2.92. The maximum atomic E-state index is 10.3. The van der Waals surface area contributed by atoms with Crippen molar-refractivity contribution in [3.63, 3.8) is 0 Å². The van der Waals surface area contributed by atoms with Crippen molar-refractivity contribution in [2.24, 2.45) is 0 Å². The summed E-state index contributed by atoms with van der Waals surface area (Å²) in [6.07, 6.45) is -0.338. The largest absolute Gasteiger partial charge is 0.478 e. The molecule has 0 heterocycles. The molecule has 0 aromatic heterocycles. The molecule has 0 spiro atoms. The van der Waals surface area contributed by atoms with Gasteiger partial charge >= 0.3 is 12.1 Å².